The van der Waals surface area contributed by atoms with Crippen LogP contribution in [-0.4, -0.2) is 25.8 Å². The predicted octanol–water partition coefficient (Wildman–Crippen LogP) is 1.81. The number of aliphatic carboxylic acids is 1. The van der Waals surface area contributed by atoms with E-state index in [-0.39, 0.29) is 5.92 Å². The second kappa shape index (κ2) is 4.69. The standard InChI is InChI=1S/C16H17N3O2/c20-16(21)12-5-6-14-17-18-15(19(14)9-12)13-7-10-3-1-2-4-11(10)8-13/h1-4,12-13H,5-9H2,(H,20,21). The molecule has 4 rings (SSSR count). The maximum absolute atomic E-state index is 11.2. The van der Waals surface area contributed by atoms with Crippen molar-refractivity contribution in [2.24, 2.45) is 5.92 Å². The highest BCUT2D eigenvalue weighted by Crippen LogP contribution is 2.34. The first-order valence-corrected chi connectivity index (χ1v) is 7.44. The van der Waals surface area contributed by atoms with E-state index in [1.807, 2.05) is 0 Å². The summed E-state index contributed by atoms with van der Waals surface area (Å²) in [7, 11) is 0. The smallest absolute Gasteiger partial charge is 0.308 e. The molecular formula is C16H17N3O2. The van der Waals surface area contributed by atoms with Crippen molar-refractivity contribution in [1.29, 1.82) is 0 Å². The van der Waals surface area contributed by atoms with E-state index in [2.05, 4.69) is 39.0 Å². The first kappa shape index (κ1) is 12.6. The molecule has 2 aliphatic rings. The van der Waals surface area contributed by atoms with Gasteiger partial charge in [0.15, 0.2) is 0 Å². The van der Waals surface area contributed by atoms with Crippen LogP contribution in [0.5, 0.6) is 0 Å². The lowest BCUT2D eigenvalue weighted by Crippen LogP contribution is -2.28. The van der Waals surface area contributed by atoms with Crippen LogP contribution in [0.15, 0.2) is 24.3 Å². The van der Waals surface area contributed by atoms with Gasteiger partial charge in [0.2, 0.25) is 0 Å². The third kappa shape index (κ3) is 2.04. The summed E-state index contributed by atoms with van der Waals surface area (Å²) in [6, 6.07) is 8.48. The molecule has 2 aromatic rings. The van der Waals surface area contributed by atoms with Gasteiger partial charge in [-0.25, -0.2) is 0 Å². The molecule has 1 aliphatic heterocycles. The van der Waals surface area contributed by atoms with E-state index < -0.39 is 5.97 Å². The Balaban J connectivity index is 1.64. The van der Waals surface area contributed by atoms with Crippen molar-refractivity contribution in [3.63, 3.8) is 0 Å². The van der Waals surface area contributed by atoms with Crippen molar-refractivity contribution in [2.75, 3.05) is 0 Å². The van der Waals surface area contributed by atoms with Gasteiger partial charge in [0, 0.05) is 18.9 Å². The number of carboxylic acid groups (broad SMARTS) is 1. The Morgan fingerprint density at radius 1 is 1.19 bits per heavy atom. The SMILES string of the molecule is O=C(O)C1CCc2nnc(C3Cc4ccccc4C3)n2C1. The molecule has 1 aliphatic carbocycles. The highest BCUT2D eigenvalue weighted by molar-refractivity contribution is 5.70. The van der Waals surface area contributed by atoms with Crippen molar-refractivity contribution in [3.05, 3.63) is 47.0 Å². The average Bonchev–Trinajstić information content (AvgIpc) is 3.09. The topological polar surface area (TPSA) is 68.0 Å². The van der Waals surface area contributed by atoms with Crippen LogP contribution in [0.3, 0.4) is 0 Å². The number of nitrogens with zero attached hydrogens (tertiary/aromatic N) is 3. The van der Waals surface area contributed by atoms with Crippen LogP contribution in [0.2, 0.25) is 0 Å². The maximum Gasteiger partial charge on any atom is 0.308 e. The van der Waals surface area contributed by atoms with Gasteiger partial charge in [0.25, 0.3) is 0 Å². The van der Waals surface area contributed by atoms with Crippen LogP contribution in [0.25, 0.3) is 0 Å². The summed E-state index contributed by atoms with van der Waals surface area (Å²) >= 11 is 0. The summed E-state index contributed by atoms with van der Waals surface area (Å²) in [5, 5.41) is 17.9. The molecule has 0 radical (unpaired) electrons. The number of aryl methyl sites for hydroxylation is 1. The van der Waals surface area contributed by atoms with Crippen LogP contribution < -0.4 is 0 Å². The van der Waals surface area contributed by atoms with Crippen LogP contribution in [0, 0.1) is 5.92 Å². The molecule has 0 amide bonds. The molecule has 0 spiro atoms. The van der Waals surface area contributed by atoms with Crippen LogP contribution >= 0.6 is 0 Å². The van der Waals surface area contributed by atoms with E-state index in [1.165, 1.54) is 11.1 Å². The number of benzene rings is 1. The predicted molar refractivity (Wildman–Crippen MR) is 76.1 cm³/mol. The van der Waals surface area contributed by atoms with E-state index in [0.717, 1.165) is 24.5 Å². The normalized spacial score (nSPS) is 21.0. The minimum Gasteiger partial charge on any atom is -0.481 e. The second-order valence-electron chi connectivity index (χ2n) is 6.03. The van der Waals surface area contributed by atoms with Gasteiger partial charge in [0.05, 0.1) is 5.92 Å². The van der Waals surface area contributed by atoms with E-state index in [9.17, 15) is 9.90 Å². The van der Waals surface area contributed by atoms with Crippen LogP contribution in [-0.2, 0) is 30.6 Å². The molecule has 1 N–H and O–H groups in total. The Morgan fingerprint density at radius 3 is 2.57 bits per heavy atom. The zero-order valence-corrected chi connectivity index (χ0v) is 11.7. The Kier molecular flexibility index (Phi) is 2.80. The molecule has 21 heavy (non-hydrogen) atoms. The van der Waals surface area contributed by atoms with Crippen molar-refractivity contribution in [3.8, 4) is 0 Å². The lowest BCUT2D eigenvalue weighted by atomic mass is 9.98. The van der Waals surface area contributed by atoms with E-state index in [4.69, 9.17) is 0 Å². The van der Waals surface area contributed by atoms with Crippen molar-refractivity contribution < 1.29 is 9.90 Å². The molecule has 1 unspecified atom stereocenters. The van der Waals surface area contributed by atoms with Gasteiger partial charge in [0.1, 0.15) is 11.6 Å². The molecule has 1 aromatic carbocycles. The van der Waals surface area contributed by atoms with Crippen LogP contribution in [0.4, 0.5) is 0 Å². The number of hydrogen-bond acceptors (Lipinski definition) is 3. The number of fused-ring (bicyclic) bond motifs is 2. The van der Waals surface area contributed by atoms with Gasteiger partial charge >= 0.3 is 5.97 Å². The molecule has 5 nitrogen and oxygen atoms in total. The zero-order chi connectivity index (χ0) is 14.4. The number of rotatable bonds is 2. The largest absolute Gasteiger partial charge is 0.481 e. The minimum absolute atomic E-state index is 0.309. The summed E-state index contributed by atoms with van der Waals surface area (Å²) in [6.07, 6.45) is 3.33. The fourth-order valence-electron chi connectivity index (χ4n) is 3.59. The zero-order valence-electron chi connectivity index (χ0n) is 11.7. The quantitative estimate of drug-likeness (QED) is 0.912. The first-order chi connectivity index (χ1) is 10.2. The lowest BCUT2D eigenvalue weighted by molar-refractivity contribution is -0.142. The Labute approximate surface area is 122 Å². The summed E-state index contributed by atoms with van der Waals surface area (Å²) in [4.78, 5) is 11.2. The maximum atomic E-state index is 11.2. The fraction of sp³-hybridized carbons (Fsp3) is 0.438. The molecular weight excluding hydrogens is 266 g/mol. The molecule has 0 saturated carbocycles. The number of hydrogen-bond donors (Lipinski definition) is 1. The van der Waals surface area contributed by atoms with E-state index in [0.29, 0.717) is 25.3 Å². The Bertz CT molecular complexity index is 682. The molecule has 2 heterocycles. The van der Waals surface area contributed by atoms with Gasteiger partial charge in [-0.2, -0.15) is 0 Å². The molecule has 1 atom stereocenters. The third-order valence-electron chi connectivity index (χ3n) is 4.74. The van der Waals surface area contributed by atoms with Crippen molar-refractivity contribution in [1.82, 2.24) is 14.8 Å². The monoisotopic (exact) mass is 283 g/mol. The van der Waals surface area contributed by atoms with E-state index >= 15 is 0 Å². The van der Waals surface area contributed by atoms with Gasteiger partial charge in [-0.05, 0) is 30.4 Å². The summed E-state index contributed by atoms with van der Waals surface area (Å²) in [5.41, 5.74) is 2.76. The van der Waals surface area contributed by atoms with Crippen LogP contribution in [0.1, 0.15) is 35.1 Å². The molecule has 0 bridgehead atoms. The summed E-state index contributed by atoms with van der Waals surface area (Å²) in [5.74, 6) is 1.22. The minimum atomic E-state index is -0.713. The van der Waals surface area contributed by atoms with E-state index in [1.54, 1.807) is 0 Å². The highest BCUT2D eigenvalue weighted by atomic mass is 16.4. The number of aromatic nitrogens is 3. The molecule has 1 aromatic heterocycles. The van der Waals surface area contributed by atoms with Gasteiger partial charge in [-0.15, -0.1) is 10.2 Å². The Morgan fingerprint density at radius 2 is 1.90 bits per heavy atom. The molecule has 108 valence electrons. The summed E-state index contributed by atoms with van der Waals surface area (Å²) < 4.78 is 2.05. The van der Waals surface area contributed by atoms with Gasteiger partial charge in [-0.1, -0.05) is 24.3 Å². The van der Waals surface area contributed by atoms with Gasteiger partial charge in [-0.3, -0.25) is 4.79 Å². The molecule has 0 fully saturated rings. The highest BCUT2D eigenvalue weighted by Gasteiger charge is 2.32. The molecule has 5 heteroatoms. The number of carboxylic acids is 1. The third-order valence-corrected chi connectivity index (χ3v) is 4.74. The second-order valence-corrected chi connectivity index (χ2v) is 6.03. The fourth-order valence-corrected chi connectivity index (χ4v) is 3.59. The molecule has 0 saturated heterocycles. The Hall–Kier alpha value is -2.17. The first-order valence-electron chi connectivity index (χ1n) is 7.44. The lowest BCUT2D eigenvalue weighted by Gasteiger charge is -2.22. The van der Waals surface area contributed by atoms with Gasteiger partial charge < -0.3 is 9.67 Å². The van der Waals surface area contributed by atoms with Crippen molar-refractivity contribution >= 4 is 5.97 Å². The van der Waals surface area contributed by atoms with Crippen molar-refractivity contribution in [2.45, 2.75) is 38.1 Å². The number of carbonyl (C=O) groups is 1. The average molecular weight is 283 g/mol. The summed E-state index contributed by atoms with van der Waals surface area (Å²) in [6.45, 7) is 0.514.